The Morgan fingerprint density at radius 3 is 2.64 bits per heavy atom. The Kier molecular flexibility index (Phi) is 5.82. The number of nitrogens with zero attached hydrogens (tertiary/aromatic N) is 3. The molecule has 1 aliphatic heterocycles. The first-order valence-corrected chi connectivity index (χ1v) is 7.96. The zero-order valence-corrected chi connectivity index (χ0v) is 13.1. The van der Waals surface area contributed by atoms with Crippen LogP contribution in [-0.2, 0) is 9.53 Å². The fraction of sp³-hybridized carbons (Fsp3) is 0.538. The maximum absolute atomic E-state index is 12.1. The van der Waals surface area contributed by atoms with Crippen LogP contribution in [0.5, 0.6) is 0 Å². The number of hydrogen-bond acceptors (Lipinski definition) is 6. The lowest BCUT2D eigenvalue weighted by Crippen LogP contribution is -2.51. The first-order valence-electron chi connectivity index (χ1n) is 6.97. The van der Waals surface area contributed by atoms with Crippen LogP contribution in [0.1, 0.15) is 6.92 Å². The number of piperazine rings is 1. The first-order chi connectivity index (χ1) is 10.6. The first kappa shape index (κ1) is 16.3. The summed E-state index contributed by atoms with van der Waals surface area (Å²) in [5.41, 5.74) is -0.430. The molecule has 0 aliphatic carbocycles. The molecule has 120 valence electrons. The van der Waals surface area contributed by atoms with Crippen molar-refractivity contribution in [2.75, 3.05) is 38.5 Å². The highest BCUT2D eigenvalue weighted by Crippen LogP contribution is 2.14. The Morgan fingerprint density at radius 1 is 1.32 bits per heavy atom. The van der Waals surface area contributed by atoms with Gasteiger partial charge in [0.1, 0.15) is 0 Å². The molecule has 1 N–H and O–H groups in total. The van der Waals surface area contributed by atoms with E-state index in [4.69, 9.17) is 4.74 Å². The molecule has 2 amide bonds. The summed E-state index contributed by atoms with van der Waals surface area (Å²) < 4.78 is 4.93. The van der Waals surface area contributed by atoms with Gasteiger partial charge in [-0.2, -0.15) is 0 Å². The zero-order chi connectivity index (χ0) is 15.9. The van der Waals surface area contributed by atoms with Crippen LogP contribution in [0.2, 0.25) is 0 Å². The molecule has 22 heavy (non-hydrogen) atoms. The van der Waals surface area contributed by atoms with E-state index in [0.29, 0.717) is 37.8 Å². The summed E-state index contributed by atoms with van der Waals surface area (Å²) in [6, 6.07) is 1.65. The van der Waals surface area contributed by atoms with Crippen molar-refractivity contribution in [2.45, 2.75) is 11.9 Å². The largest absolute Gasteiger partial charge is 0.450 e. The number of H-pyrrole nitrogens is 1. The molecule has 0 saturated carbocycles. The Balaban J connectivity index is 1.78. The van der Waals surface area contributed by atoms with E-state index in [-0.39, 0.29) is 17.8 Å². The second-order valence-corrected chi connectivity index (χ2v) is 5.61. The second kappa shape index (κ2) is 7.83. The third-order valence-electron chi connectivity index (χ3n) is 3.16. The molecule has 8 nitrogen and oxygen atoms in total. The Bertz CT molecular complexity index is 583. The van der Waals surface area contributed by atoms with Gasteiger partial charge in [0.25, 0.3) is 0 Å². The summed E-state index contributed by atoms with van der Waals surface area (Å²) >= 11 is 1.26. The van der Waals surface area contributed by atoms with Crippen molar-refractivity contribution >= 4 is 23.8 Å². The molecule has 1 saturated heterocycles. The number of aromatic amines is 1. The fourth-order valence-corrected chi connectivity index (χ4v) is 2.80. The van der Waals surface area contributed by atoms with Crippen LogP contribution < -0.4 is 5.69 Å². The molecule has 0 radical (unpaired) electrons. The quantitative estimate of drug-likeness (QED) is 0.626. The Labute approximate surface area is 131 Å². The van der Waals surface area contributed by atoms with Gasteiger partial charge in [0.15, 0.2) is 0 Å². The van der Waals surface area contributed by atoms with Gasteiger partial charge in [-0.15, -0.1) is 0 Å². The van der Waals surface area contributed by atoms with Crippen LogP contribution in [0.3, 0.4) is 0 Å². The van der Waals surface area contributed by atoms with Crippen molar-refractivity contribution in [3.8, 4) is 0 Å². The van der Waals surface area contributed by atoms with E-state index in [1.54, 1.807) is 22.8 Å². The van der Waals surface area contributed by atoms with Crippen molar-refractivity contribution in [2.24, 2.45) is 0 Å². The maximum atomic E-state index is 12.1. The van der Waals surface area contributed by atoms with E-state index < -0.39 is 5.69 Å². The topological polar surface area (TPSA) is 95.6 Å². The molecule has 1 aromatic rings. The predicted molar refractivity (Wildman–Crippen MR) is 80.8 cm³/mol. The van der Waals surface area contributed by atoms with Crippen molar-refractivity contribution < 1.29 is 14.3 Å². The summed E-state index contributed by atoms with van der Waals surface area (Å²) in [5.74, 6) is 0.213. The minimum atomic E-state index is -0.430. The highest BCUT2D eigenvalue weighted by atomic mass is 32.2. The number of carbonyl (C=O) groups is 2. The summed E-state index contributed by atoms with van der Waals surface area (Å²) in [6.45, 7) is 4.04. The molecule has 9 heteroatoms. The molecule has 1 aromatic heterocycles. The average molecular weight is 326 g/mol. The lowest BCUT2D eigenvalue weighted by atomic mass is 10.3. The summed E-state index contributed by atoms with van der Waals surface area (Å²) in [7, 11) is 0. The van der Waals surface area contributed by atoms with Crippen molar-refractivity contribution in [1.82, 2.24) is 19.8 Å². The van der Waals surface area contributed by atoms with Gasteiger partial charge in [-0.25, -0.2) is 14.6 Å². The maximum Gasteiger partial charge on any atom is 0.409 e. The molecule has 2 rings (SSSR count). The van der Waals surface area contributed by atoms with Gasteiger partial charge in [0.2, 0.25) is 5.91 Å². The normalized spacial score (nSPS) is 14.8. The van der Waals surface area contributed by atoms with E-state index >= 15 is 0 Å². The minimum absolute atomic E-state index is 0.0221. The van der Waals surface area contributed by atoms with E-state index in [0.717, 1.165) is 0 Å². The van der Waals surface area contributed by atoms with E-state index in [1.807, 2.05) is 0 Å². The fourth-order valence-electron chi connectivity index (χ4n) is 2.02. The van der Waals surface area contributed by atoms with Crippen LogP contribution in [0.15, 0.2) is 22.1 Å². The van der Waals surface area contributed by atoms with Crippen molar-refractivity contribution in [3.05, 3.63) is 22.7 Å². The Hall–Kier alpha value is -2.03. The minimum Gasteiger partial charge on any atom is -0.450 e. The van der Waals surface area contributed by atoms with Crippen LogP contribution in [0.25, 0.3) is 0 Å². The number of aromatic nitrogens is 2. The van der Waals surface area contributed by atoms with Gasteiger partial charge in [0.05, 0.1) is 17.4 Å². The molecule has 0 bridgehead atoms. The number of thioether (sulfide) groups is 1. The predicted octanol–water partition coefficient (Wildman–Crippen LogP) is 0.163. The molecular weight excluding hydrogens is 308 g/mol. The number of amides is 2. The molecule has 2 heterocycles. The van der Waals surface area contributed by atoms with Crippen molar-refractivity contribution in [1.29, 1.82) is 0 Å². The highest BCUT2D eigenvalue weighted by Gasteiger charge is 2.24. The number of ether oxygens (including phenoxy) is 1. The molecule has 1 aliphatic rings. The molecule has 1 fully saturated rings. The lowest BCUT2D eigenvalue weighted by Gasteiger charge is -2.34. The SMILES string of the molecule is CCOC(=O)N1CCN(C(=O)CSc2ccnc(=O)[nH]2)CC1. The average Bonchev–Trinajstić information content (AvgIpc) is 2.53. The number of hydrogen-bond donors (Lipinski definition) is 1. The van der Waals surface area contributed by atoms with E-state index in [9.17, 15) is 14.4 Å². The number of carbonyl (C=O) groups excluding carboxylic acids is 2. The lowest BCUT2D eigenvalue weighted by molar-refractivity contribution is -0.129. The zero-order valence-electron chi connectivity index (χ0n) is 12.3. The molecular formula is C13H18N4O4S. The molecule has 0 spiro atoms. The van der Waals surface area contributed by atoms with Gasteiger partial charge >= 0.3 is 11.8 Å². The standard InChI is InChI=1S/C13H18N4O4S/c1-2-21-13(20)17-7-5-16(6-8-17)11(18)9-22-10-3-4-14-12(19)15-10/h3-4H,2,5-9H2,1H3,(H,14,15,19). The van der Waals surface area contributed by atoms with Crippen LogP contribution in [0, 0.1) is 0 Å². The molecule has 0 aromatic carbocycles. The highest BCUT2D eigenvalue weighted by molar-refractivity contribution is 7.99. The summed E-state index contributed by atoms with van der Waals surface area (Å²) in [4.78, 5) is 44.2. The van der Waals surface area contributed by atoms with Crippen LogP contribution in [-0.4, -0.2) is 70.3 Å². The second-order valence-electron chi connectivity index (χ2n) is 4.59. The monoisotopic (exact) mass is 326 g/mol. The van der Waals surface area contributed by atoms with Gasteiger partial charge in [-0.1, -0.05) is 11.8 Å². The van der Waals surface area contributed by atoms with Crippen LogP contribution in [0.4, 0.5) is 4.79 Å². The molecule has 0 unspecified atom stereocenters. The van der Waals surface area contributed by atoms with Gasteiger partial charge in [0, 0.05) is 32.4 Å². The van der Waals surface area contributed by atoms with Gasteiger partial charge < -0.3 is 19.5 Å². The third kappa shape index (κ3) is 4.48. The molecule has 0 atom stereocenters. The van der Waals surface area contributed by atoms with E-state index in [2.05, 4.69) is 9.97 Å². The smallest absolute Gasteiger partial charge is 0.409 e. The van der Waals surface area contributed by atoms with Crippen molar-refractivity contribution in [3.63, 3.8) is 0 Å². The summed E-state index contributed by atoms with van der Waals surface area (Å²) in [6.07, 6.45) is 1.07. The Morgan fingerprint density at radius 2 is 2.00 bits per heavy atom. The van der Waals surface area contributed by atoms with Crippen LogP contribution >= 0.6 is 11.8 Å². The van der Waals surface area contributed by atoms with Gasteiger partial charge in [-0.05, 0) is 13.0 Å². The number of rotatable bonds is 4. The van der Waals surface area contributed by atoms with Gasteiger partial charge in [-0.3, -0.25) is 4.79 Å². The van der Waals surface area contributed by atoms with E-state index in [1.165, 1.54) is 18.0 Å². The third-order valence-corrected chi connectivity index (χ3v) is 4.10. The summed E-state index contributed by atoms with van der Waals surface area (Å²) in [5, 5.41) is 0.610. The number of nitrogens with one attached hydrogen (secondary N) is 1.